The minimum absolute atomic E-state index is 0.0683. The van der Waals surface area contributed by atoms with Crippen molar-refractivity contribution in [2.24, 2.45) is 0 Å². The quantitative estimate of drug-likeness (QED) is 0.613. The fourth-order valence-corrected chi connectivity index (χ4v) is 5.40. The first kappa shape index (κ1) is 22.1. The first-order chi connectivity index (χ1) is 15.4. The molecule has 4 rings (SSSR count). The van der Waals surface area contributed by atoms with Crippen LogP contribution < -0.4 is 21.3 Å². The van der Waals surface area contributed by atoms with E-state index in [9.17, 15) is 14.4 Å². The minimum Gasteiger partial charge on any atom is -0.497 e. The third-order valence-electron chi connectivity index (χ3n) is 5.56. The van der Waals surface area contributed by atoms with E-state index in [1.807, 2.05) is 0 Å². The highest BCUT2D eigenvalue weighted by Crippen LogP contribution is 2.38. The number of carbonyl (C=O) groups is 1. The molecule has 0 aliphatic carbocycles. The molecule has 1 saturated heterocycles. The summed E-state index contributed by atoms with van der Waals surface area (Å²) in [6.07, 6.45) is 1.40. The van der Waals surface area contributed by atoms with Gasteiger partial charge in [0.25, 0.3) is 5.56 Å². The van der Waals surface area contributed by atoms with Crippen molar-refractivity contribution in [1.82, 2.24) is 14.5 Å². The number of fused-ring (bicyclic) bond motifs is 1. The fourth-order valence-electron chi connectivity index (χ4n) is 3.99. The molecule has 2 aromatic heterocycles. The minimum atomic E-state index is -0.527. The molecule has 1 atom stereocenters. The molecule has 0 saturated carbocycles. The van der Waals surface area contributed by atoms with Crippen molar-refractivity contribution in [2.75, 3.05) is 13.7 Å². The first-order valence-corrected chi connectivity index (χ1v) is 11.4. The van der Waals surface area contributed by atoms with E-state index in [1.54, 1.807) is 31.4 Å². The van der Waals surface area contributed by atoms with E-state index >= 15 is 0 Å². The molecular formula is C22H21ClN4O4S. The van der Waals surface area contributed by atoms with Gasteiger partial charge in [0.2, 0.25) is 5.91 Å². The SMILES string of the molecule is COc1ccc(Cl)c(-c2cc3c(s2)c(=O)n(C2CCCNC(=O)C2)c(=O)n3CCC#N)c1. The van der Waals surface area contributed by atoms with Crippen LogP contribution in [0.2, 0.25) is 5.02 Å². The highest BCUT2D eigenvalue weighted by Gasteiger charge is 2.26. The largest absolute Gasteiger partial charge is 0.497 e. The summed E-state index contributed by atoms with van der Waals surface area (Å²) in [5.74, 6) is 0.433. The number of carbonyl (C=O) groups excluding carboxylic acids is 1. The van der Waals surface area contributed by atoms with Gasteiger partial charge < -0.3 is 10.1 Å². The van der Waals surface area contributed by atoms with E-state index in [4.69, 9.17) is 21.6 Å². The lowest BCUT2D eigenvalue weighted by Gasteiger charge is -2.18. The molecule has 0 spiro atoms. The summed E-state index contributed by atoms with van der Waals surface area (Å²) in [7, 11) is 1.55. The lowest BCUT2D eigenvalue weighted by atomic mass is 10.1. The van der Waals surface area contributed by atoms with Crippen LogP contribution in [0.5, 0.6) is 5.75 Å². The molecule has 0 radical (unpaired) electrons. The van der Waals surface area contributed by atoms with E-state index in [0.717, 1.165) is 0 Å². The summed E-state index contributed by atoms with van der Waals surface area (Å²) in [5, 5.41) is 12.4. The van der Waals surface area contributed by atoms with Crippen LogP contribution in [-0.4, -0.2) is 28.7 Å². The molecule has 166 valence electrons. The Balaban J connectivity index is 1.96. The van der Waals surface area contributed by atoms with Gasteiger partial charge in [0.1, 0.15) is 10.4 Å². The average Bonchev–Trinajstić information content (AvgIpc) is 3.11. The van der Waals surface area contributed by atoms with Crippen LogP contribution in [-0.2, 0) is 11.3 Å². The van der Waals surface area contributed by atoms with Crippen molar-refractivity contribution in [3.05, 3.63) is 50.1 Å². The second kappa shape index (κ2) is 9.18. The number of hydrogen-bond acceptors (Lipinski definition) is 6. The van der Waals surface area contributed by atoms with Gasteiger partial charge in [-0.05, 0) is 37.1 Å². The molecule has 1 unspecified atom stereocenters. The fraction of sp³-hybridized carbons (Fsp3) is 0.364. The number of hydrogen-bond donors (Lipinski definition) is 1. The van der Waals surface area contributed by atoms with Crippen LogP contribution in [0.25, 0.3) is 20.7 Å². The zero-order chi connectivity index (χ0) is 22.8. The number of nitriles is 1. The Morgan fingerprint density at radius 2 is 2.12 bits per heavy atom. The number of aromatic nitrogens is 2. The lowest BCUT2D eigenvalue weighted by Crippen LogP contribution is -2.42. The second-order valence-corrected chi connectivity index (χ2v) is 9.00. The molecule has 8 nitrogen and oxygen atoms in total. The third-order valence-corrected chi connectivity index (χ3v) is 7.04. The molecule has 0 bridgehead atoms. The molecule has 1 aliphatic rings. The zero-order valence-corrected chi connectivity index (χ0v) is 19.0. The van der Waals surface area contributed by atoms with Crippen LogP contribution in [0.4, 0.5) is 0 Å². The van der Waals surface area contributed by atoms with E-state index in [2.05, 4.69) is 11.4 Å². The summed E-state index contributed by atoms with van der Waals surface area (Å²) in [5.41, 5.74) is 0.224. The zero-order valence-electron chi connectivity index (χ0n) is 17.4. The molecule has 1 aliphatic heterocycles. The Labute approximate surface area is 192 Å². The summed E-state index contributed by atoms with van der Waals surface area (Å²) >= 11 is 7.64. The number of aryl methyl sites for hydroxylation is 1. The van der Waals surface area contributed by atoms with Gasteiger partial charge in [0.15, 0.2) is 0 Å². The Hall–Kier alpha value is -3.09. The normalized spacial score (nSPS) is 16.4. The summed E-state index contributed by atoms with van der Waals surface area (Å²) in [6.45, 7) is 0.666. The lowest BCUT2D eigenvalue weighted by molar-refractivity contribution is -0.121. The van der Waals surface area contributed by atoms with Crippen molar-refractivity contribution in [3.63, 3.8) is 0 Å². The third kappa shape index (κ3) is 4.04. The van der Waals surface area contributed by atoms with Crippen molar-refractivity contribution in [2.45, 2.75) is 38.3 Å². The van der Waals surface area contributed by atoms with Gasteiger partial charge in [0, 0.05) is 35.0 Å². The molecule has 1 amide bonds. The van der Waals surface area contributed by atoms with Crippen LogP contribution in [0.1, 0.15) is 31.7 Å². The van der Waals surface area contributed by atoms with Crippen molar-refractivity contribution < 1.29 is 9.53 Å². The highest BCUT2D eigenvalue weighted by atomic mass is 35.5. The predicted octanol–water partition coefficient (Wildman–Crippen LogP) is 3.31. The number of nitrogens with one attached hydrogen (secondary N) is 1. The molecule has 1 N–H and O–H groups in total. The maximum absolute atomic E-state index is 13.5. The Kier molecular flexibility index (Phi) is 6.35. The van der Waals surface area contributed by atoms with Crippen molar-refractivity contribution in [3.8, 4) is 22.3 Å². The Morgan fingerprint density at radius 1 is 1.31 bits per heavy atom. The Bertz CT molecular complexity index is 1350. The van der Waals surface area contributed by atoms with E-state index in [1.165, 1.54) is 20.5 Å². The first-order valence-electron chi connectivity index (χ1n) is 10.2. The van der Waals surface area contributed by atoms with Crippen molar-refractivity contribution >= 4 is 39.1 Å². The number of methoxy groups -OCH3 is 1. The molecule has 10 heteroatoms. The van der Waals surface area contributed by atoms with Gasteiger partial charge in [-0.1, -0.05) is 11.6 Å². The van der Waals surface area contributed by atoms with Crippen LogP contribution >= 0.6 is 22.9 Å². The number of benzene rings is 1. The van der Waals surface area contributed by atoms with Crippen molar-refractivity contribution in [1.29, 1.82) is 5.26 Å². The number of ether oxygens (including phenoxy) is 1. The number of rotatable bonds is 5. The van der Waals surface area contributed by atoms with Crippen LogP contribution in [0, 0.1) is 11.3 Å². The molecular weight excluding hydrogens is 452 g/mol. The van der Waals surface area contributed by atoms with Crippen LogP contribution in [0.15, 0.2) is 33.9 Å². The number of amides is 1. The topological polar surface area (TPSA) is 106 Å². The summed E-state index contributed by atoms with van der Waals surface area (Å²) in [6, 6.07) is 8.52. The molecule has 3 aromatic rings. The van der Waals surface area contributed by atoms with E-state index in [-0.39, 0.29) is 25.3 Å². The standard InChI is InChI=1S/C22H21ClN4O4S/c1-31-14-5-6-16(23)15(11-14)18-12-17-20(32-18)21(29)27(22(30)26(17)9-3-7-24)13-4-2-8-25-19(28)10-13/h5-6,11-13H,2-4,8-10H2,1H3,(H,25,28). The Morgan fingerprint density at radius 3 is 2.88 bits per heavy atom. The molecule has 3 heterocycles. The maximum Gasteiger partial charge on any atom is 0.331 e. The van der Waals surface area contributed by atoms with Gasteiger partial charge in [-0.25, -0.2) is 4.79 Å². The molecule has 1 aromatic carbocycles. The molecule has 32 heavy (non-hydrogen) atoms. The predicted molar refractivity (Wildman–Crippen MR) is 123 cm³/mol. The summed E-state index contributed by atoms with van der Waals surface area (Å²) in [4.78, 5) is 39.6. The highest BCUT2D eigenvalue weighted by molar-refractivity contribution is 7.22. The second-order valence-electron chi connectivity index (χ2n) is 7.54. The number of nitrogens with zero attached hydrogens (tertiary/aromatic N) is 3. The number of halogens is 1. The van der Waals surface area contributed by atoms with Gasteiger partial charge in [-0.3, -0.25) is 18.7 Å². The number of thiophene rings is 1. The summed E-state index contributed by atoms with van der Waals surface area (Å²) < 4.78 is 8.33. The van der Waals surface area contributed by atoms with Gasteiger partial charge in [-0.2, -0.15) is 5.26 Å². The van der Waals surface area contributed by atoms with E-state index < -0.39 is 17.3 Å². The van der Waals surface area contributed by atoms with E-state index in [0.29, 0.717) is 50.8 Å². The smallest absolute Gasteiger partial charge is 0.331 e. The van der Waals surface area contributed by atoms with Crippen LogP contribution in [0.3, 0.4) is 0 Å². The monoisotopic (exact) mass is 472 g/mol. The van der Waals surface area contributed by atoms with Gasteiger partial charge in [0.05, 0.1) is 31.2 Å². The maximum atomic E-state index is 13.5. The van der Waals surface area contributed by atoms with Gasteiger partial charge in [-0.15, -0.1) is 11.3 Å². The van der Waals surface area contributed by atoms with Gasteiger partial charge >= 0.3 is 5.69 Å². The molecule has 1 fully saturated rings. The average molecular weight is 473 g/mol.